The van der Waals surface area contributed by atoms with E-state index in [0.717, 1.165) is 143 Å². The molecule has 1 N–H and O–H groups in total. The summed E-state index contributed by atoms with van der Waals surface area (Å²) in [6.45, 7) is 17.0. The molecule has 0 amide bonds. The molecule has 106 heavy (non-hydrogen) atoms. The van der Waals surface area contributed by atoms with Gasteiger partial charge in [0.05, 0.1) is 21.3 Å². The van der Waals surface area contributed by atoms with Crippen molar-refractivity contribution in [2.75, 3.05) is 34.5 Å². The number of carbonyl (C=O) groups is 6. The molecule has 0 unspecified atom stereocenters. The Morgan fingerprint density at radius 1 is 0.415 bits per heavy atom. The number of carboxylic acid groups (broad SMARTS) is 1. The summed E-state index contributed by atoms with van der Waals surface area (Å²) in [5.74, 6) is 0.0619. The van der Waals surface area contributed by atoms with Crippen LogP contribution in [0.15, 0.2) is 133 Å². The number of esters is 1. The average Bonchev–Trinajstić information content (AvgIpc) is 0.758. The predicted octanol–water partition coefficient (Wildman–Crippen LogP) is 16.3. The zero-order valence-corrected chi connectivity index (χ0v) is 70.9. The second-order valence-electron chi connectivity index (χ2n) is 28.4. The molecule has 0 atom stereocenters. The van der Waals surface area contributed by atoms with E-state index < -0.39 is 33.0 Å². The van der Waals surface area contributed by atoms with Crippen molar-refractivity contribution in [3.8, 4) is 0 Å². The van der Waals surface area contributed by atoms with E-state index in [4.69, 9.17) is 24.0 Å². The summed E-state index contributed by atoms with van der Waals surface area (Å²) in [6, 6.07) is 43.6. The number of Topliss-reactive ketones (excluding diaryl/α,β-unsaturated/α-hetero) is 2. The van der Waals surface area contributed by atoms with E-state index in [1.165, 1.54) is 143 Å². The summed E-state index contributed by atoms with van der Waals surface area (Å²) in [5.41, 5.74) is 0. The number of carboxylic acids is 1. The van der Waals surface area contributed by atoms with Crippen LogP contribution >= 0.6 is 0 Å². The Labute approximate surface area is 668 Å². The maximum Gasteiger partial charge on any atom is 1.00 e. The third-order valence-electron chi connectivity index (χ3n) is 18.2. The fourth-order valence-electron chi connectivity index (χ4n) is 12.5. The first-order valence-corrected chi connectivity index (χ1v) is 43.7. The van der Waals surface area contributed by atoms with Crippen molar-refractivity contribution < 1.29 is 104 Å². The molecular weight excluding hydrogens is 1400 g/mol. The minimum atomic E-state index is -3.66. The third-order valence-corrected chi connectivity index (χ3v) is 29.1. The monoisotopic (exact) mass is 1540 g/mol. The first-order chi connectivity index (χ1) is 49.5. The molecule has 0 aliphatic rings. The second-order valence-corrected chi connectivity index (χ2v) is 38.5. The molecule has 0 fully saturated rings. The summed E-state index contributed by atoms with van der Waals surface area (Å²) in [4.78, 5) is 66.5. The SMILES string of the molecule is C.C.CC(C)(C)[Si](OCCCCCCCCC(=O)CCCCCCCCC=O)(c1ccccc1)c1ccccc1.CCC(=O)O.COC(=O)CCCCCCC/C=C\CCCCCCCCC(=O)CCCCCCCCO[Si](c1ccccc1)(c1ccccc1)C(C)(C)C.COS(=O)(=O)OC.O=CO[O-].[Na+]. The zero-order valence-electron chi connectivity index (χ0n) is 66.1. The van der Waals surface area contributed by atoms with Crippen LogP contribution in [0.25, 0.3) is 0 Å². The molecule has 4 aromatic rings. The van der Waals surface area contributed by atoms with Crippen molar-refractivity contribution in [1.82, 2.24) is 0 Å². The third kappa shape index (κ3) is 51.6. The molecule has 0 aliphatic heterocycles. The molecule has 0 aromatic heterocycles. The number of hydrogen-bond acceptors (Lipinski definition) is 15. The van der Waals surface area contributed by atoms with Gasteiger partial charge in [-0.3, -0.25) is 32.3 Å². The van der Waals surface area contributed by atoms with Gasteiger partial charge in [0, 0.05) is 58.2 Å². The Bertz CT molecular complexity index is 2780. The van der Waals surface area contributed by atoms with Gasteiger partial charge in [-0.25, -0.2) is 0 Å². The van der Waals surface area contributed by atoms with Crippen LogP contribution in [0.4, 0.5) is 0 Å². The van der Waals surface area contributed by atoms with Crippen molar-refractivity contribution in [3.05, 3.63) is 133 Å². The van der Waals surface area contributed by atoms with E-state index in [2.05, 4.69) is 193 Å². The van der Waals surface area contributed by atoms with Gasteiger partial charge in [0.1, 0.15) is 17.9 Å². The number of methoxy groups -OCH3 is 1. The zero-order chi connectivity index (χ0) is 76.6. The molecular formula is C86H143NaO16SSi2. The molecule has 16 nitrogen and oxygen atoms in total. The van der Waals surface area contributed by atoms with Crippen molar-refractivity contribution in [1.29, 1.82) is 0 Å². The number of rotatable bonds is 54. The number of allylic oxidation sites excluding steroid dienone is 2. The van der Waals surface area contributed by atoms with Crippen LogP contribution in [-0.4, -0.2) is 101 Å². The van der Waals surface area contributed by atoms with E-state index in [-0.39, 0.29) is 73.3 Å². The van der Waals surface area contributed by atoms with Crippen LogP contribution in [-0.2, 0) is 66.0 Å². The van der Waals surface area contributed by atoms with E-state index in [9.17, 15) is 32.4 Å². The Morgan fingerprint density at radius 2 is 0.651 bits per heavy atom. The van der Waals surface area contributed by atoms with Crippen molar-refractivity contribution in [2.45, 2.75) is 317 Å². The molecule has 0 radical (unpaired) electrons. The Morgan fingerprint density at radius 3 is 0.868 bits per heavy atom. The molecule has 0 bridgehead atoms. The maximum atomic E-state index is 12.4. The van der Waals surface area contributed by atoms with Gasteiger partial charge in [0.25, 0.3) is 23.1 Å². The molecule has 4 rings (SSSR count). The summed E-state index contributed by atoms with van der Waals surface area (Å²) in [6.07, 6.45) is 46.1. The Hall–Kier alpha value is -4.78. The van der Waals surface area contributed by atoms with E-state index >= 15 is 0 Å². The van der Waals surface area contributed by atoms with Gasteiger partial charge in [-0.15, -0.1) is 0 Å². The fourth-order valence-corrected chi connectivity index (χ4v) is 21.9. The summed E-state index contributed by atoms with van der Waals surface area (Å²) in [7, 11) is -4.99. The van der Waals surface area contributed by atoms with Gasteiger partial charge in [-0.1, -0.05) is 319 Å². The number of hydrogen-bond donors (Lipinski definition) is 1. The molecule has 0 aliphatic carbocycles. The first kappa shape index (κ1) is 108. The number of benzene rings is 4. The van der Waals surface area contributed by atoms with Crippen molar-refractivity contribution in [3.63, 3.8) is 0 Å². The van der Waals surface area contributed by atoms with Gasteiger partial charge in [-0.05, 0) is 108 Å². The number of aliphatic carboxylic acids is 1. The standard InChI is InChI=1S/C44H70O4Si.C34H52O3Si.C3H6O2.C2H6O4S.CH2O3.2CH4.Na/c1-44(2,3)49(41-34-26-22-27-35-41,42-36-28-23-29-37-42)48-39-31-21-17-16-19-25-33-40(45)32-24-18-14-12-10-8-6-5-7-9-11-13-15-20-30-38-43(46)47-4;1-34(2,3)38(32-25-17-13-18-26-32,33-27-19-14-20-28-33)37-30-22-12-8-6-10-16-24-31(36)23-15-9-5-4-7-11-21-29-35;1-2-3(4)5;1-5-7(3,4)6-2;2-1-4-3;;;/h5,7,22-23,26-29,34-37H,6,8-21,24-25,30-33,38-39H2,1-4H3;13-14,17-20,25-29H,4-12,15-16,21-24,30H2,1-3H3;2H2,1H3,(H,4,5);1-2H3;1,3H;2*1H4;/q;;;;;;;+1/p-1/b7-5-;;;;;;;. The Balaban J connectivity index is -0.000000806. The number of aldehydes is 1. The van der Waals surface area contributed by atoms with Crippen LogP contribution < -0.4 is 55.6 Å². The second kappa shape index (κ2) is 69.4. The van der Waals surface area contributed by atoms with Gasteiger partial charge >= 0.3 is 51.9 Å². The number of unbranched alkanes of at least 4 members (excludes halogenated alkanes) is 27. The number of carbonyl (C=O) groups excluding carboxylic acids is 5. The predicted molar refractivity (Wildman–Crippen MR) is 437 cm³/mol. The molecule has 4 aromatic carbocycles. The maximum absolute atomic E-state index is 12.4. The summed E-state index contributed by atoms with van der Waals surface area (Å²) in [5, 5.41) is 21.6. The van der Waals surface area contributed by atoms with E-state index in [1.807, 2.05) is 0 Å². The van der Waals surface area contributed by atoms with Crippen molar-refractivity contribution >= 4 is 84.0 Å². The molecule has 0 spiro atoms. The number of ether oxygens (including phenoxy) is 1. The summed E-state index contributed by atoms with van der Waals surface area (Å²) >= 11 is 0. The van der Waals surface area contributed by atoms with Crippen molar-refractivity contribution in [2.24, 2.45) is 0 Å². The molecule has 0 saturated heterocycles. The van der Waals surface area contributed by atoms with Crippen LogP contribution in [0.1, 0.15) is 307 Å². The van der Waals surface area contributed by atoms with Gasteiger partial charge in [0.2, 0.25) is 0 Å². The Kier molecular flexibility index (Phi) is 70.4. The molecule has 598 valence electrons. The quantitative estimate of drug-likeness (QED) is 0.00823. The molecule has 20 heteroatoms. The van der Waals surface area contributed by atoms with Gasteiger partial charge in [-0.2, -0.15) is 8.42 Å². The van der Waals surface area contributed by atoms with Gasteiger partial charge < -0.3 is 33.6 Å². The molecule has 0 heterocycles. The van der Waals surface area contributed by atoms with Crippen LogP contribution in [0.5, 0.6) is 0 Å². The van der Waals surface area contributed by atoms with Crippen LogP contribution in [0.3, 0.4) is 0 Å². The number of ketones is 2. The van der Waals surface area contributed by atoms with Crippen LogP contribution in [0, 0.1) is 0 Å². The van der Waals surface area contributed by atoms with E-state index in [1.54, 1.807) is 6.92 Å². The topological polar surface area (TPSA) is 235 Å². The minimum absolute atomic E-state index is 0. The first-order valence-electron chi connectivity index (χ1n) is 38.5. The average molecular weight is 1540 g/mol. The van der Waals surface area contributed by atoms with Crippen LogP contribution in [0.2, 0.25) is 10.1 Å². The smallest absolute Gasteiger partial charge is 0.662 e. The minimum Gasteiger partial charge on any atom is -0.662 e. The molecule has 0 saturated carbocycles. The summed E-state index contributed by atoms with van der Waals surface area (Å²) < 4.78 is 46.2. The largest absolute Gasteiger partial charge is 1.00 e. The normalized spacial score (nSPS) is 11.2. The fraction of sp³-hybridized carbons (Fsp3) is 0.628. The van der Waals surface area contributed by atoms with E-state index in [0.29, 0.717) is 24.4 Å². The van der Waals surface area contributed by atoms with Gasteiger partial charge in [0.15, 0.2) is 0 Å².